The van der Waals surface area contributed by atoms with Crippen molar-refractivity contribution >= 4 is 115 Å². The quantitative estimate of drug-likeness (QED) is 0.0231. The summed E-state index contributed by atoms with van der Waals surface area (Å²) in [5, 5.41) is 15.3. The average molecular weight is 2160 g/mol. The van der Waals surface area contributed by atoms with Gasteiger partial charge in [-0.3, -0.25) is 19.2 Å². The lowest BCUT2D eigenvalue weighted by Crippen LogP contribution is -2.52. The standard InChI is InChI=1S/C48H56N8O8.C26H29BrN4O3.C22H27BrN4O5.C12H24B2O4/c1-27(2)39(53-45(59)61-5)43(57)55-25-47(15-16-47)21-37(55)41-50-24-36(52-41)34-14-13-32-19-31(11-12-33(32)20-34)29-7-9-30(10-8-29)35-23-49-42(51-35)38-22-48(63-17-18-64-48)26-56(38)44(58)40(28(3)4)54-46(60)62-6;1-15(2)22(30-25(33)34-3)24(32)31-14-26(8-9-26)12-21(31)23-28-13-20(29-23)18-5-4-17-11-19(27)7-6-16(17)10-18;1-13(2)18(26-21(29)30-3)20(28)27-12-22(31-8-9-32-22)10-17(27)19-24-11-16(25-19)14-4-6-15(23)7-5-14;1-9(2)10(3,4)16-13(15-9)14-17-11(5,6)12(7,8)18-14/h7-14,19-20,23-24,27-28,37-40H,15-18,21-22,25-26H2,1-6H3,(H,49,51)(H,50,52)(H,53,59)(H,54,60);4-7,10-11,13,15,21-22H,8-9,12,14H2,1-3H3,(H,28,29)(H,30,33);4-7,11,13,17-18H,8-10,12H2,1-3H3,(H,24,25)(H,26,29);1-8H3/t37-,38-,39-,40-;21-,22-;17-,18-;/m000./s1. The molecule has 8 amide bonds. The van der Waals surface area contributed by atoms with Crippen LogP contribution >= 0.6 is 31.9 Å². The minimum atomic E-state index is -0.934. The molecule has 10 fully saturated rings. The van der Waals surface area contributed by atoms with Gasteiger partial charge in [0.05, 0.1) is 162 Å². The predicted octanol–water partition coefficient (Wildman–Crippen LogP) is 18.0. The first-order chi connectivity index (χ1) is 70.3. The molecule has 6 aromatic carbocycles. The number of hydrogen-bond acceptors (Lipinski definition) is 24. The predicted molar refractivity (Wildman–Crippen MR) is 563 cm³/mol. The summed E-state index contributed by atoms with van der Waals surface area (Å²) < 4.78 is 68.9. The van der Waals surface area contributed by atoms with Crippen LogP contribution in [0.25, 0.3) is 77.7 Å². The van der Waals surface area contributed by atoms with Gasteiger partial charge in [-0.15, -0.1) is 0 Å². The van der Waals surface area contributed by atoms with E-state index in [4.69, 9.17) is 71.5 Å². The zero-order chi connectivity index (χ0) is 106. The van der Waals surface area contributed by atoms with E-state index in [1.807, 2.05) is 163 Å². The van der Waals surface area contributed by atoms with E-state index in [1.54, 1.807) is 22.2 Å². The number of H-pyrrole nitrogens is 4. The molecule has 8 atom stereocenters. The molecule has 4 aromatic heterocycles. The second kappa shape index (κ2) is 43.0. The summed E-state index contributed by atoms with van der Waals surface area (Å²) in [5.74, 6) is -0.185. The summed E-state index contributed by atoms with van der Waals surface area (Å²) >= 11 is 6.97. The summed E-state index contributed by atoms with van der Waals surface area (Å²) in [6.07, 6.45) is 11.7. The van der Waals surface area contributed by atoms with Crippen LogP contribution in [-0.2, 0) is 75.7 Å². The number of nitrogens with zero attached hydrogens (tertiary/aromatic N) is 8. The minimum absolute atomic E-state index is 0.0622. The number of rotatable bonds is 22. The number of fused-ring (bicyclic) bond motifs is 2. The van der Waals surface area contributed by atoms with E-state index in [9.17, 15) is 38.4 Å². The number of likely N-dealkylation sites (tertiary alicyclic amines) is 4. The van der Waals surface area contributed by atoms with Gasteiger partial charge in [0.15, 0.2) is 11.6 Å². The maximum atomic E-state index is 14.0. The van der Waals surface area contributed by atoms with E-state index in [0.29, 0.717) is 64.0 Å². The van der Waals surface area contributed by atoms with Crippen LogP contribution in [0, 0.1) is 34.5 Å². The summed E-state index contributed by atoms with van der Waals surface area (Å²) in [7, 11) is 4.21. The minimum Gasteiger partial charge on any atom is -0.453 e. The Morgan fingerprint density at radius 1 is 0.338 bits per heavy atom. The van der Waals surface area contributed by atoms with Crippen molar-refractivity contribution in [3.63, 3.8) is 0 Å². The Kier molecular flexibility index (Phi) is 31.3. The summed E-state index contributed by atoms with van der Waals surface area (Å²) in [6, 6.07) is 37.4. The van der Waals surface area contributed by atoms with E-state index in [0.717, 1.165) is 131 Å². The lowest BCUT2D eigenvalue weighted by Gasteiger charge is -2.32. The molecule has 4 spiro atoms. The van der Waals surface area contributed by atoms with Gasteiger partial charge in [-0.25, -0.2) is 39.1 Å². The molecule has 0 radical (unpaired) electrons. The number of nitrogens with one attached hydrogen (secondary N) is 8. The van der Waals surface area contributed by atoms with Crippen LogP contribution < -0.4 is 21.3 Å². The number of aromatic nitrogens is 8. The van der Waals surface area contributed by atoms with E-state index in [1.165, 1.54) is 33.8 Å². The molecule has 8 aliphatic heterocycles. The van der Waals surface area contributed by atoms with Crippen molar-refractivity contribution in [2.45, 2.75) is 244 Å². The molecule has 12 heterocycles. The van der Waals surface area contributed by atoms with Crippen molar-refractivity contribution in [3.05, 3.63) is 178 Å². The van der Waals surface area contributed by atoms with Gasteiger partial charge in [0.2, 0.25) is 23.6 Å². The molecule has 36 nitrogen and oxygen atoms in total. The second-order valence-corrected chi connectivity index (χ2v) is 45.8. The first kappa shape index (κ1) is 108. The number of hydrogen-bond donors (Lipinski definition) is 8. The molecule has 0 unspecified atom stereocenters. The molecule has 10 aromatic rings. The van der Waals surface area contributed by atoms with Gasteiger partial charge in [-0.1, -0.05) is 166 Å². The highest BCUT2D eigenvalue weighted by Gasteiger charge is 2.65. The van der Waals surface area contributed by atoms with Crippen molar-refractivity contribution in [1.29, 1.82) is 0 Å². The number of methoxy groups -OCH3 is 4. The number of ether oxygens (including phenoxy) is 8. The monoisotopic (exact) mass is 2160 g/mol. The van der Waals surface area contributed by atoms with Crippen LogP contribution in [0.15, 0.2) is 155 Å². The van der Waals surface area contributed by atoms with Gasteiger partial charge in [0.1, 0.15) is 47.5 Å². The molecule has 40 heteroatoms. The van der Waals surface area contributed by atoms with Crippen molar-refractivity contribution in [2.24, 2.45) is 34.5 Å². The first-order valence-corrected chi connectivity index (χ1v) is 52.5. The fraction of sp³-hybridized carbons (Fsp3) is 0.519. The number of alkyl carbamates (subject to hydrolysis) is 4. The molecule has 8 saturated heterocycles. The molecule has 0 bridgehead atoms. The summed E-state index contributed by atoms with van der Waals surface area (Å²) in [4.78, 5) is 143. The number of aromatic amines is 4. The van der Waals surface area contributed by atoms with Crippen LogP contribution in [0.5, 0.6) is 0 Å². The molecule has 2 aliphatic carbocycles. The maximum absolute atomic E-state index is 14.0. The van der Waals surface area contributed by atoms with E-state index < -0.39 is 80.2 Å². The Hall–Kier alpha value is -11.6. The zero-order valence-corrected chi connectivity index (χ0v) is 90.9. The fourth-order valence-electron chi connectivity index (χ4n) is 20.8. The molecule has 8 N–H and O–H groups in total. The molecule has 20 rings (SSSR count). The smallest absolute Gasteiger partial charge is 0.453 e. The summed E-state index contributed by atoms with van der Waals surface area (Å²) in [6.45, 7) is 35.1. The first-order valence-electron chi connectivity index (χ1n) is 50.9. The third-order valence-electron chi connectivity index (χ3n) is 31.2. The summed E-state index contributed by atoms with van der Waals surface area (Å²) in [5.41, 5.74) is 8.40. The molecule has 148 heavy (non-hydrogen) atoms. The third kappa shape index (κ3) is 23.0. The third-order valence-corrected chi connectivity index (χ3v) is 32.2. The van der Waals surface area contributed by atoms with Crippen LogP contribution in [0.2, 0.25) is 0 Å². The SMILES string of the molecule is CC1(C)OB(B2OC(C)(C)C(C)(C)O2)OC1(C)C.COC(=O)N[C@H](C(=O)N1CC2(CC2)C[C@H]1c1ncc(-c2ccc3cc(-c4ccc(-c5cnc([C@@H]6CC7(CN6C(=O)[C@@H](NC(=O)OC)C(C)C)OCCO7)[nH]5)cc4)ccc3c2)[nH]1)C(C)C.COC(=O)N[C@H](C(=O)N1CC2(CC2)C[C@H]1c1ncc(-c2ccc3cc(Br)ccc3c2)[nH]1)C(C)C.COC(=O)N[C@H](C(=O)N1CC2(C[C@H]1c1ncc(-c3ccc(Br)cc3)[nH]1)OCCO2)C(C)C. The Bertz CT molecular complexity index is 6460. The number of amides is 8. The van der Waals surface area contributed by atoms with E-state index >= 15 is 0 Å². The van der Waals surface area contributed by atoms with Gasteiger partial charge >= 0.3 is 38.4 Å². The highest BCUT2D eigenvalue weighted by Crippen LogP contribution is 2.60. The van der Waals surface area contributed by atoms with Crippen molar-refractivity contribution in [2.75, 3.05) is 81.0 Å². The van der Waals surface area contributed by atoms with Crippen LogP contribution in [0.3, 0.4) is 0 Å². The number of benzene rings is 6. The topological polar surface area (TPSA) is 423 Å². The lowest BCUT2D eigenvalue weighted by molar-refractivity contribution is -0.153. The molecular weight excluding hydrogens is 2020 g/mol. The largest absolute Gasteiger partial charge is 0.488 e. The van der Waals surface area contributed by atoms with Crippen molar-refractivity contribution < 1.29 is 94.9 Å². The lowest BCUT2D eigenvalue weighted by atomic mass is 9.49. The zero-order valence-electron chi connectivity index (χ0n) is 87.8. The number of carbonyl (C=O) groups excluding carboxylic acids is 8. The van der Waals surface area contributed by atoms with Crippen molar-refractivity contribution in [3.8, 4) is 56.2 Å². The normalized spacial score (nSPS) is 21.8. The number of imidazole rings is 4. The highest BCUT2D eigenvalue weighted by atomic mass is 79.9. The van der Waals surface area contributed by atoms with Crippen LogP contribution in [-0.4, -0.2) is 261 Å². The van der Waals surface area contributed by atoms with E-state index in [2.05, 4.69) is 169 Å². The van der Waals surface area contributed by atoms with Gasteiger partial charge < -0.3 is 117 Å². The van der Waals surface area contributed by atoms with Crippen LogP contribution in [0.1, 0.15) is 210 Å². The number of halogens is 2. The second-order valence-electron chi connectivity index (χ2n) is 43.9. The molecule has 10 aliphatic rings. The Labute approximate surface area is 880 Å². The average Bonchev–Trinajstić information content (AvgIpc) is 1.58. The van der Waals surface area contributed by atoms with Gasteiger partial charge in [0, 0.05) is 46.0 Å². The Balaban J connectivity index is 0.000000149. The number of carbonyl (C=O) groups is 8. The van der Waals surface area contributed by atoms with Crippen molar-refractivity contribution in [1.82, 2.24) is 80.7 Å². The molecular formula is C108H136B2Br2N16O20. The fourth-order valence-corrected chi connectivity index (χ4v) is 21.4. The van der Waals surface area contributed by atoms with Gasteiger partial charge in [-0.2, -0.15) is 0 Å². The van der Waals surface area contributed by atoms with Gasteiger partial charge in [0.25, 0.3) is 0 Å². The van der Waals surface area contributed by atoms with E-state index in [-0.39, 0.29) is 112 Å². The van der Waals surface area contributed by atoms with Gasteiger partial charge in [-0.05, 0) is 215 Å². The Morgan fingerprint density at radius 3 is 0.892 bits per heavy atom. The van der Waals surface area contributed by atoms with Crippen LogP contribution in [0.4, 0.5) is 19.2 Å². The Morgan fingerprint density at radius 2 is 0.588 bits per heavy atom. The molecule has 788 valence electrons. The maximum Gasteiger partial charge on any atom is 0.488 e. The highest BCUT2D eigenvalue weighted by molar-refractivity contribution is 9.10. The molecule has 2 saturated carbocycles.